The van der Waals surface area contributed by atoms with E-state index in [-0.39, 0.29) is 12.0 Å². The first-order chi connectivity index (χ1) is 14.7. The van der Waals surface area contributed by atoms with E-state index >= 15 is 0 Å². The predicted molar refractivity (Wildman–Crippen MR) is 112 cm³/mol. The molecule has 1 fully saturated rings. The standard InChI is InChI=1S/C22H29N3O5/c1-4-27-18-13-16(14-19(28-5-2)20(18)29-6-3)21(26)25-12-7-9-17(15-25)30-22-23-10-8-11-24-22/h8,10-11,13-14,17H,4-7,9,12,15H2,1-3H3. The Morgan fingerprint density at radius 3 is 2.27 bits per heavy atom. The van der Waals surface area contributed by atoms with Gasteiger partial charge in [-0.3, -0.25) is 4.79 Å². The highest BCUT2D eigenvalue weighted by atomic mass is 16.5. The van der Waals surface area contributed by atoms with Crippen molar-refractivity contribution in [1.82, 2.24) is 14.9 Å². The van der Waals surface area contributed by atoms with Gasteiger partial charge in [-0.05, 0) is 51.8 Å². The fraction of sp³-hybridized carbons (Fsp3) is 0.500. The largest absolute Gasteiger partial charge is 0.490 e. The molecule has 162 valence electrons. The first-order valence-corrected chi connectivity index (χ1v) is 10.5. The quantitative estimate of drug-likeness (QED) is 0.621. The summed E-state index contributed by atoms with van der Waals surface area (Å²) in [4.78, 5) is 23.3. The Morgan fingerprint density at radius 2 is 1.67 bits per heavy atom. The molecule has 30 heavy (non-hydrogen) atoms. The summed E-state index contributed by atoms with van der Waals surface area (Å²) in [6, 6.07) is 5.52. The summed E-state index contributed by atoms with van der Waals surface area (Å²) in [5, 5.41) is 0. The molecule has 1 atom stereocenters. The molecule has 1 saturated heterocycles. The van der Waals surface area contributed by atoms with Crippen LogP contribution in [0.5, 0.6) is 23.3 Å². The van der Waals surface area contributed by atoms with Crippen LogP contribution in [0.15, 0.2) is 30.6 Å². The Balaban J connectivity index is 1.80. The predicted octanol–water partition coefficient (Wildman–Crippen LogP) is 3.36. The van der Waals surface area contributed by atoms with Gasteiger partial charge in [-0.25, -0.2) is 9.97 Å². The van der Waals surface area contributed by atoms with Crippen molar-refractivity contribution >= 4 is 5.91 Å². The number of amides is 1. The summed E-state index contributed by atoms with van der Waals surface area (Å²) in [6.45, 7) is 8.20. The minimum Gasteiger partial charge on any atom is -0.490 e. The maximum atomic E-state index is 13.3. The maximum absolute atomic E-state index is 13.3. The molecule has 1 aromatic carbocycles. The minimum absolute atomic E-state index is 0.0952. The van der Waals surface area contributed by atoms with Gasteiger partial charge in [-0.15, -0.1) is 0 Å². The molecule has 1 aliphatic heterocycles. The summed E-state index contributed by atoms with van der Waals surface area (Å²) in [5.74, 6) is 1.45. The van der Waals surface area contributed by atoms with Crippen molar-refractivity contribution in [2.75, 3.05) is 32.9 Å². The monoisotopic (exact) mass is 415 g/mol. The molecule has 0 radical (unpaired) electrons. The second-order valence-electron chi connectivity index (χ2n) is 6.77. The molecular formula is C22H29N3O5. The molecule has 0 spiro atoms. The van der Waals surface area contributed by atoms with Crippen LogP contribution in [-0.4, -0.2) is 59.8 Å². The number of aromatic nitrogens is 2. The van der Waals surface area contributed by atoms with E-state index in [0.29, 0.717) is 61.7 Å². The van der Waals surface area contributed by atoms with Crippen LogP contribution in [0.2, 0.25) is 0 Å². The van der Waals surface area contributed by atoms with Gasteiger partial charge in [0.15, 0.2) is 11.5 Å². The zero-order valence-electron chi connectivity index (χ0n) is 17.8. The van der Waals surface area contributed by atoms with Crippen molar-refractivity contribution in [1.29, 1.82) is 0 Å². The third-order valence-electron chi connectivity index (χ3n) is 4.64. The fourth-order valence-corrected chi connectivity index (χ4v) is 3.41. The van der Waals surface area contributed by atoms with E-state index in [1.54, 1.807) is 35.5 Å². The molecule has 0 saturated carbocycles. The lowest BCUT2D eigenvalue weighted by molar-refractivity contribution is 0.0515. The van der Waals surface area contributed by atoms with E-state index in [4.69, 9.17) is 18.9 Å². The summed E-state index contributed by atoms with van der Waals surface area (Å²) in [7, 11) is 0. The zero-order chi connectivity index (χ0) is 21.3. The Labute approximate surface area is 177 Å². The topological polar surface area (TPSA) is 83.0 Å². The van der Waals surface area contributed by atoms with Crippen molar-refractivity contribution < 1.29 is 23.7 Å². The molecule has 0 bridgehead atoms. The van der Waals surface area contributed by atoms with E-state index in [1.165, 1.54) is 0 Å². The van der Waals surface area contributed by atoms with Gasteiger partial charge >= 0.3 is 6.01 Å². The van der Waals surface area contributed by atoms with Crippen molar-refractivity contribution in [3.8, 4) is 23.3 Å². The van der Waals surface area contributed by atoms with Gasteiger partial charge in [0.2, 0.25) is 5.75 Å². The number of carbonyl (C=O) groups excluding carboxylic acids is 1. The number of rotatable bonds is 9. The normalized spacial score (nSPS) is 16.1. The van der Waals surface area contributed by atoms with E-state index in [2.05, 4.69) is 9.97 Å². The number of hydrogen-bond acceptors (Lipinski definition) is 7. The third kappa shape index (κ3) is 5.31. The molecule has 8 nitrogen and oxygen atoms in total. The van der Waals surface area contributed by atoms with Gasteiger partial charge in [0, 0.05) is 24.5 Å². The van der Waals surface area contributed by atoms with Gasteiger partial charge in [-0.1, -0.05) is 0 Å². The van der Waals surface area contributed by atoms with Gasteiger partial charge in [0.05, 0.1) is 26.4 Å². The third-order valence-corrected chi connectivity index (χ3v) is 4.64. The number of carbonyl (C=O) groups is 1. The highest BCUT2D eigenvalue weighted by Gasteiger charge is 2.28. The number of ether oxygens (including phenoxy) is 4. The molecule has 3 rings (SSSR count). The molecule has 8 heteroatoms. The number of piperidine rings is 1. The van der Waals surface area contributed by atoms with Crippen LogP contribution in [0.25, 0.3) is 0 Å². The van der Waals surface area contributed by atoms with Crippen LogP contribution in [0.4, 0.5) is 0 Å². The van der Waals surface area contributed by atoms with Crippen LogP contribution in [0.1, 0.15) is 44.0 Å². The Morgan fingerprint density at radius 1 is 1.03 bits per heavy atom. The maximum Gasteiger partial charge on any atom is 0.316 e. The van der Waals surface area contributed by atoms with Gasteiger partial charge in [0.25, 0.3) is 5.91 Å². The van der Waals surface area contributed by atoms with Crippen LogP contribution in [0.3, 0.4) is 0 Å². The first-order valence-electron chi connectivity index (χ1n) is 10.5. The lowest BCUT2D eigenvalue weighted by Crippen LogP contribution is -2.44. The highest BCUT2D eigenvalue weighted by molar-refractivity contribution is 5.95. The number of hydrogen-bond donors (Lipinski definition) is 0. The first kappa shape index (κ1) is 21.7. The molecule has 2 aromatic rings. The van der Waals surface area contributed by atoms with E-state index < -0.39 is 0 Å². The molecule has 1 unspecified atom stereocenters. The molecule has 1 aliphatic rings. The average molecular weight is 415 g/mol. The van der Waals surface area contributed by atoms with E-state index in [0.717, 1.165) is 12.8 Å². The SMILES string of the molecule is CCOc1cc(C(=O)N2CCCC(Oc3ncccn3)C2)cc(OCC)c1OCC. The van der Waals surface area contributed by atoms with E-state index in [9.17, 15) is 4.79 Å². The second-order valence-corrected chi connectivity index (χ2v) is 6.77. The van der Waals surface area contributed by atoms with Crippen LogP contribution >= 0.6 is 0 Å². The smallest absolute Gasteiger partial charge is 0.316 e. The summed E-state index contributed by atoms with van der Waals surface area (Å²) < 4.78 is 23.1. The Kier molecular flexibility index (Phi) is 7.70. The van der Waals surface area contributed by atoms with Crippen molar-refractivity contribution in [3.05, 3.63) is 36.2 Å². The van der Waals surface area contributed by atoms with Crippen LogP contribution in [0, 0.1) is 0 Å². The van der Waals surface area contributed by atoms with Gasteiger partial charge in [0.1, 0.15) is 6.10 Å². The summed E-state index contributed by atoms with van der Waals surface area (Å²) >= 11 is 0. The molecule has 1 aromatic heterocycles. The highest BCUT2D eigenvalue weighted by Crippen LogP contribution is 2.39. The summed E-state index contributed by atoms with van der Waals surface area (Å²) in [5.41, 5.74) is 0.502. The zero-order valence-corrected chi connectivity index (χ0v) is 17.8. The molecule has 0 aliphatic carbocycles. The average Bonchev–Trinajstić information content (AvgIpc) is 2.76. The Bertz CT molecular complexity index is 804. The molecule has 2 heterocycles. The molecule has 0 N–H and O–H groups in total. The van der Waals surface area contributed by atoms with Crippen LogP contribution in [-0.2, 0) is 0 Å². The second kappa shape index (κ2) is 10.7. The summed E-state index contributed by atoms with van der Waals surface area (Å²) in [6.07, 6.45) is 4.82. The lowest BCUT2D eigenvalue weighted by Gasteiger charge is -2.32. The molecular weight excluding hydrogens is 386 g/mol. The van der Waals surface area contributed by atoms with Crippen molar-refractivity contribution in [2.24, 2.45) is 0 Å². The number of likely N-dealkylation sites (tertiary alicyclic amines) is 1. The number of benzene rings is 1. The minimum atomic E-state index is -0.148. The van der Waals surface area contributed by atoms with Crippen molar-refractivity contribution in [2.45, 2.75) is 39.7 Å². The fourth-order valence-electron chi connectivity index (χ4n) is 3.41. The Hall–Kier alpha value is -3.03. The van der Waals surface area contributed by atoms with Crippen LogP contribution < -0.4 is 18.9 Å². The van der Waals surface area contributed by atoms with Gasteiger partial charge in [-0.2, -0.15) is 0 Å². The molecule has 1 amide bonds. The van der Waals surface area contributed by atoms with Crippen molar-refractivity contribution in [3.63, 3.8) is 0 Å². The lowest BCUT2D eigenvalue weighted by atomic mass is 10.1. The van der Waals surface area contributed by atoms with Gasteiger partial charge < -0.3 is 23.8 Å². The number of nitrogens with zero attached hydrogens (tertiary/aromatic N) is 3. The van der Waals surface area contributed by atoms with E-state index in [1.807, 2.05) is 20.8 Å².